The zero-order chi connectivity index (χ0) is 20.1. The third-order valence-electron chi connectivity index (χ3n) is 3.98. The van der Waals surface area contributed by atoms with Crippen LogP contribution in [0.4, 0.5) is 10.5 Å². The van der Waals surface area contributed by atoms with Crippen LogP contribution in [0.15, 0.2) is 59.4 Å². The van der Waals surface area contributed by atoms with Crippen LogP contribution >= 0.6 is 0 Å². The topological polar surface area (TPSA) is 104 Å². The minimum Gasteiger partial charge on any atom is -0.493 e. The molecule has 0 fully saturated rings. The first kappa shape index (κ1) is 18.7. The summed E-state index contributed by atoms with van der Waals surface area (Å²) in [6, 6.07) is 17.3. The van der Waals surface area contributed by atoms with Crippen molar-refractivity contribution in [1.82, 2.24) is 4.98 Å². The van der Waals surface area contributed by atoms with Crippen molar-refractivity contribution in [2.45, 2.75) is 6.92 Å². The largest absolute Gasteiger partial charge is 0.493 e. The van der Waals surface area contributed by atoms with E-state index in [0.717, 1.165) is 0 Å². The summed E-state index contributed by atoms with van der Waals surface area (Å²) in [6.45, 7) is 1.73. The molecule has 0 unspecified atom stereocenters. The standard InChI is InChI=1S/C21H17N3O4/c1-13-10-16(17(12-22)20(25)23-13)14-8-9-18(19(11-14)27-2)28-21(26)24-15-6-4-3-5-7-15/h3-11H,1-2H3,(H,23,25)(H,24,26). The van der Waals surface area contributed by atoms with Gasteiger partial charge in [-0.05, 0) is 42.8 Å². The van der Waals surface area contributed by atoms with Crippen LogP contribution in [0.1, 0.15) is 11.3 Å². The van der Waals surface area contributed by atoms with Gasteiger partial charge in [-0.25, -0.2) is 4.79 Å². The molecular weight excluding hydrogens is 358 g/mol. The maximum Gasteiger partial charge on any atom is 0.417 e. The number of aromatic amines is 1. The predicted octanol–water partition coefficient (Wildman–Crippen LogP) is 3.84. The van der Waals surface area contributed by atoms with Gasteiger partial charge in [0, 0.05) is 16.9 Å². The quantitative estimate of drug-likeness (QED) is 0.721. The van der Waals surface area contributed by atoms with Crippen molar-refractivity contribution in [1.29, 1.82) is 5.26 Å². The van der Waals surface area contributed by atoms with Crippen LogP contribution < -0.4 is 20.3 Å². The Morgan fingerprint density at radius 2 is 1.86 bits per heavy atom. The number of amides is 1. The minimum absolute atomic E-state index is 0.00291. The van der Waals surface area contributed by atoms with E-state index in [-0.39, 0.29) is 11.3 Å². The predicted molar refractivity (Wildman–Crippen MR) is 105 cm³/mol. The van der Waals surface area contributed by atoms with Gasteiger partial charge in [0.25, 0.3) is 5.56 Å². The number of nitrogens with zero attached hydrogens (tertiary/aromatic N) is 1. The summed E-state index contributed by atoms with van der Waals surface area (Å²) in [5.41, 5.74) is 1.84. The van der Waals surface area contributed by atoms with Crippen molar-refractivity contribution >= 4 is 11.8 Å². The third kappa shape index (κ3) is 4.02. The fraction of sp³-hybridized carbons (Fsp3) is 0.0952. The van der Waals surface area contributed by atoms with Crippen molar-refractivity contribution in [3.05, 3.63) is 76.2 Å². The molecule has 1 heterocycles. The number of para-hydroxylation sites is 1. The lowest BCUT2D eigenvalue weighted by Gasteiger charge is -2.12. The Morgan fingerprint density at radius 1 is 1.11 bits per heavy atom. The van der Waals surface area contributed by atoms with Gasteiger partial charge in [0.15, 0.2) is 11.5 Å². The molecule has 0 saturated heterocycles. The molecule has 0 atom stereocenters. The molecule has 0 aliphatic carbocycles. The van der Waals surface area contributed by atoms with E-state index < -0.39 is 11.7 Å². The number of methoxy groups -OCH3 is 1. The van der Waals surface area contributed by atoms with Crippen LogP contribution in [-0.2, 0) is 0 Å². The molecule has 7 heteroatoms. The zero-order valence-corrected chi connectivity index (χ0v) is 15.3. The summed E-state index contributed by atoms with van der Waals surface area (Å²) in [5, 5.41) is 11.9. The highest BCUT2D eigenvalue weighted by atomic mass is 16.6. The molecule has 1 aromatic heterocycles. The van der Waals surface area contributed by atoms with Gasteiger partial charge < -0.3 is 14.5 Å². The van der Waals surface area contributed by atoms with Gasteiger partial charge in [-0.3, -0.25) is 10.1 Å². The number of aromatic nitrogens is 1. The molecule has 140 valence electrons. The maximum atomic E-state index is 12.1. The van der Waals surface area contributed by atoms with Crippen molar-refractivity contribution in [2.24, 2.45) is 0 Å². The normalized spacial score (nSPS) is 10.0. The van der Waals surface area contributed by atoms with Gasteiger partial charge in [0.05, 0.1) is 7.11 Å². The van der Waals surface area contributed by atoms with E-state index in [0.29, 0.717) is 28.3 Å². The Bertz CT molecular complexity index is 1110. The first-order valence-corrected chi connectivity index (χ1v) is 8.38. The average molecular weight is 375 g/mol. The molecule has 3 aromatic rings. The van der Waals surface area contributed by atoms with E-state index in [4.69, 9.17) is 9.47 Å². The van der Waals surface area contributed by atoms with Gasteiger partial charge in [0.1, 0.15) is 11.6 Å². The molecule has 7 nitrogen and oxygen atoms in total. The molecule has 2 aromatic carbocycles. The molecule has 0 bridgehead atoms. The first-order valence-electron chi connectivity index (χ1n) is 8.38. The number of aryl methyl sites for hydroxylation is 1. The van der Waals surface area contributed by atoms with Crippen LogP contribution in [0.25, 0.3) is 11.1 Å². The summed E-state index contributed by atoms with van der Waals surface area (Å²) in [5.74, 6) is 0.502. The van der Waals surface area contributed by atoms with Crippen molar-refractivity contribution in [2.75, 3.05) is 12.4 Å². The molecule has 1 amide bonds. The number of nitrogens with one attached hydrogen (secondary N) is 2. The second-order valence-electron chi connectivity index (χ2n) is 5.93. The molecule has 0 radical (unpaired) electrons. The molecule has 0 aliphatic rings. The fourth-order valence-electron chi connectivity index (χ4n) is 2.71. The van der Waals surface area contributed by atoms with Gasteiger partial charge in [-0.1, -0.05) is 24.3 Å². The molecule has 2 N–H and O–H groups in total. The summed E-state index contributed by atoms with van der Waals surface area (Å²) in [7, 11) is 1.44. The lowest BCUT2D eigenvalue weighted by atomic mass is 10.0. The molecule has 0 saturated carbocycles. The summed E-state index contributed by atoms with van der Waals surface area (Å²) < 4.78 is 10.6. The van der Waals surface area contributed by atoms with E-state index in [9.17, 15) is 14.9 Å². The minimum atomic E-state index is -0.665. The first-order chi connectivity index (χ1) is 13.5. The molecular formula is C21H17N3O4. The third-order valence-corrected chi connectivity index (χ3v) is 3.98. The van der Waals surface area contributed by atoms with Gasteiger partial charge >= 0.3 is 6.09 Å². The van der Waals surface area contributed by atoms with Gasteiger partial charge in [0.2, 0.25) is 0 Å². The number of benzene rings is 2. The number of pyridine rings is 1. The van der Waals surface area contributed by atoms with Crippen molar-refractivity contribution < 1.29 is 14.3 Å². The number of ether oxygens (including phenoxy) is 2. The Kier molecular flexibility index (Phi) is 5.42. The molecule has 3 rings (SSSR count). The van der Waals surface area contributed by atoms with Crippen LogP contribution in [0.5, 0.6) is 11.5 Å². The van der Waals surface area contributed by atoms with E-state index >= 15 is 0 Å². The number of nitriles is 1. The number of carbonyl (C=O) groups is 1. The molecule has 28 heavy (non-hydrogen) atoms. The summed E-state index contributed by atoms with van der Waals surface area (Å²) in [6.07, 6.45) is -0.665. The van der Waals surface area contributed by atoms with E-state index in [1.54, 1.807) is 55.5 Å². The van der Waals surface area contributed by atoms with E-state index in [1.807, 2.05) is 12.1 Å². The number of hydrogen-bond donors (Lipinski definition) is 2. The lowest BCUT2D eigenvalue weighted by molar-refractivity contribution is 0.213. The number of rotatable bonds is 4. The summed E-state index contributed by atoms with van der Waals surface area (Å²) >= 11 is 0. The monoisotopic (exact) mass is 375 g/mol. The Hall–Kier alpha value is -4.05. The fourth-order valence-corrected chi connectivity index (χ4v) is 2.71. The number of anilines is 1. The Labute approximate surface area is 161 Å². The number of H-pyrrole nitrogens is 1. The average Bonchev–Trinajstić information content (AvgIpc) is 2.68. The van der Waals surface area contributed by atoms with E-state index in [2.05, 4.69) is 10.3 Å². The van der Waals surface area contributed by atoms with Crippen molar-refractivity contribution in [3.63, 3.8) is 0 Å². The second-order valence-corrected chi connectivity index (χ2v) is 5.93. The van der Waals surface area contributed by atoms with Crippen LogP contribution in [-0.4, -0.2) is 18.2 Å². The highest BCUT2D eigenvalue weighted by Crippen LogP contribution is 2.33. The van der Waals surface area contributed by atoms with Crippen molar-refractivity contribution in [3.8, 4) is 28.7 Å². The highest BCUT2D eigenvalue weighted by Gasteiger charge is 2.15. The van der Waals surface area contributed by atoms with Gasteiger partial charge in [-0.2, -0.15) is 5.26 Å². The highest BCUT2D eigenvalue weighted by molar-refractivity contribution is 5.86. The second kappa shape index (κ2) is 8.10. The molecule has 0 spiro atoms. The maximum absolute atomic E-state index is 12.1. The zero-order valence-electron chi connectivity index (χ0n) is 15.3. The smallest absolute Gasteiger partial charge is 0.417 e. The Morgan fingerprint density at radius 3 is 2.54 bits per heavy atom. The van der Waals surface area contributed by atoms with Gasteiger partial charge in [-0.15, -0.1) is 0 Å². The summed E-state index contributed by atoms with van der Waals surface area (Å²) in [4.78, 5) is 26.7. The van der Waals surface area contributed by atoms with E-state index in [1.165, 1.54) is 7.11 Å². The number of carbonyl (C=O) groups excluding carboxylic acids is 1. The van der Waals surface area contributed by atoms with Crippen LogP contribution in [0, 0.1) is 18.3 Å². The SMILES string of the molecule is COc1cc(-c2cc(C)[nH]c(=O)c2C#N)ccc1OC(=O)Nc1ccccc1. The molecule has 0 aliphatic heterocycles. The lowest BCUT2D eigenvalue weighted by Crippen LogP contribution is -2.17. The Balaban J connectivity index is 1.91. The number of hydrogen-bond acceptors (Lipinski definition) is 5. The van der Waals surface area contributed by atoms with Crippen LogP contribution in [0.3, 0.4) is 0 Å². The van der Waals surface area contributed by atoms with Crippen LogP contribution in [0.2, 0.25) is 0 Å².